The summed E-state index contributed by atoms with van der Waals surface area (Å²) in [5.41, 5.74) is 0.734. The standard InChI is InChI=1S/C15H17N7OS2/c1-3-11-18-21-15(22(11)4-2)24-9-12(23)17-14-20-19-13(25-14)10-7-5-6-8-16-10/h5-8H,3-4,9H2,1-2H3,(H,17,20,23). The molecule has 0 aliphatic carbocycles. The Hall–Kier alpha value is -2.33. The van der Waals surface area contributed by atoms with Gasteiger partial charge in [-0.1, -0.05) is 36.1 Å². The first kappa shape index (κ1) is 17.5. The van der Waals surface area contributed by atoms with Crippen LogP contribution in [0.5, 0.6) is 0 Å². The number of carbonyl (C=O) groups excluding carboxylic acids is 1. The van der Waals surface area contributed by atoms with Gasteiger partial charge in [0.2, 0.25) is 11.0 Å². The molecule has 8 nitrogen and oxygen atoms in total. The number of carbonyl (C=O) groups is 1. The van der Waals surface area contributed by atoms with Crippen LogP contribution in [0.2, 0.25) is 0 Å². The molecule has 130 valence electrons. The maximum absolute atomic E-state index is 12.1. The molecule has 0 bridgehead atoms. The highest BCUT2D eigenvalue weighted by Crippen LogP contribution is 2.25. The van der Waals surface area contributed by atoms with Crippen LogP contribution in [0.4, 0.5) is 5.13 Å². The van der Waals surface area contributed by atoms with Gasteiger partial charge in [-0.25, -0.2) is 0 Å². The Kier molecular flexibility index (Phi) is 5.71. The van der Waals surface area contributed by atoms with Crippen molar-refractivity contribution in [1.29, 1.82) is 0 Å². The molecular formula is C15H17N7OS2. The molecule has 3 rings (SSSR count). The number of aromatic nitrogens is 6. The van der Waals surface area contributed by atoms with Crippen LogP contribution in [0.15, 0.2) is 29.6 Å². The summed E-state index contributed by atoms with van der Waals surface area (Å²) in [6, 6.07) is 5.57. The number of hydrogen-bond acceptors (Lipinski definition) is 8. The summed E-state index contributed by atoms with van der Waals surface area (Å²) in [7, 11) is 0. The van der Waals surface area contributed by atoms with Crippen LogP contribution in [-0.2, 0) is 17.8 Å². The van der Waals surface area contributed by atoms with Crippen LogP contribution in [-0.4, -0.2) is 41.6 Å². The highest BCUT2D eigenvalue weighted by atomic mass is 32.2. The molecule has 0 aliphatic heterocycles. The second kappa shape index (κ2) is 8.17. The van der Waals surface area contributed by atoms with Gasteiger partial charge >= 0.3 is 0 Å². The van der Waals surface area contributed by atoms with E-state index >= 15 is 0 Å². The quantitative estimate of drug-likeness (QED) is 0.633. The first-order valence-electron chi connectivity index (χ1n) is 7.80. The Labute approximate surface area is 153 Å². The van der Waals surface area contributed by atoms with Crippen molar-refractivity contribution in [3.63, 3.8) is 0 Å². The summed E-state index contributed by atoms with van der Waals surface area (Å²) >= 11 is 2.65. The van der Waals surface area contributed by atoms with E-state index in [1.165, 1.54) is 23.1 Å². The van der Waals surface area contributed by atoms with Gasteiger partial charge in [-0.15, -0.1) is 20.4 Å². The van der Waals surface area contributed by atoms with Crippen molar-refractivity contribution in [2.45, 2.75) is 32.0 Å². The van der Waals surface area contributed by atoms with Crippen molar-refractivity contribution in [3.05, 3.63) is 30.2 Å². The molecule has 0 saturated heterocycles. The Morgan fingerprint density at radius 3 is 2.84 bits per heavy atom. The minimum Gasteiger partial charge on any atom is -0.306 e. The second-order valence-corrected chi connectivity index (χ2v) is 6.88. The first-order chi connectivity index (χ1) is 12.2. The van der Waals surface area contributed by atoms with E-state index in [1.54, 1.807) is 6.20 Å². The number of nitrogens with one attached hydrogen (secondary N) is 1. The minimum atomic E-state index is -0.155. The van der Waals surface area contributed by atoms with Gasteiger partial charge in [0, 0.05) is 19.2 Å². The van der Waals surface area contributed by atoms with Crippen molar-refractivity contribution in [2.24, 2.45) is 0 Å². The fourth-order valence-corrected chi connectivity index (χ4v) is 3.71. The zero-order chi connectivity index (χ0) is 17.6. The largest absolute Gasteiger partial charge is 0.306 e. The Bertz CT molecular complexity index is 847. The first-order valence-corrected chi connectivity index (χ1v) is 9.61. The molecule has 1 N–H and O–H groups in total. The lowest BCUT2D eigenvalue weighted by atomic mass is 10.4. The zero-order valence-electron chi connectivity index (χ0n) is 13.8. The SMILES string of the molecule is CCc1nnc(SCC(=O)Nc2nnc(-c3ccccn3)s2)n1CC. The van der Waals surface area contributed by atoms with Gasteiger partial charge in [0.25, 0.3) is 0 Å². The van der Waals surface area contributed by atoms with Gasteiger partial charge in [-0.2, -0.15) is 0 Å². The molecule has 0 fully saturated rings. The van der Waals surface area contributed by atoms with Crippen molar-refractivity contribution >= 4 is 34.1 Å². The molecule has 10 heteroatoms. The predicted octanol–water partition coefficient (Wildman–Crippen LogP) is 2.50. The lowest BCUT2D eigenvalue weighted by molar-refractivity contribution is -0.113. The van der Waals surface area contributed by atoms with E-state index in [1.807, 2.05) is 36.6 Å². The lowest BCUT2D eigenvalue weighted by Gasteiger charge is -2.05. The molecular weight excluding hydrogens is 358 g/mol. The van der Waals surface area contributed by atoms with Gasteiger partial charge in [0.05, 0.1) is 5.75 Å². The lowest BCUT2D eigenvalue weighted by Crippen LogP contribution is -2.14. The third-order valence-corrected chi connectivity index (χ3v) is 5.14. The van der Waals surface area contributed by atoms with E-state index in [-0.39, 0.29) is 11.7 Å². The topological polar surface area (TPSA) is 98.5 Å². The molecule has 0 aliphatic rings. The van der Waals surface area contributed by atoms with E-state index in [2.05, 4.69) is 30.7 Å². The van der Waals surface area contributed by atoms with Crippen LogP contribution in [0.3, 0.4) is 0 Å². The summed E-state index contributed by atoms with van der Waals surface area (Å²) in [6.45, 7) is 4.85. The number of hydrogen-bond donors (Lipinski definition) is 1. The number of amides is 1. The van der Waals surface area contributed by atoms with E-state index in [4.69, 9.17) is 0 Å². The monoisotopic (exact) mass is 375 g/mol. The molecule has 0 aromatic carbocycles. The average molecular weight is 375 g/mol. The molecule has 25 heavy (non-hydrogen) atoms. The Morgan fingerprint density at radius 2 is 2.12 bits per heavy atom. The molecule has 0 atom stereocenters. The molecule has 0 spiro atoms. The summed E-state index contributed by atoms with van der Waals surface area (Å²) in [5, 5.41) is 21.0. The van der Waals surface area contributed by atoms with Gasteiger partial charge in [-0.05, 0) is 19.1 Å². The summed E-state index contributed by atoms with van der Waals surface area (Å²) in [4.78, 5) is 16.4. The van der Waals surface area contributed by atoms with Gasteiger partial charge in [-0.3, -0.25) is 15.1 Å². The van der Waals surface area contributed by atoms with Crippen LogP contribution < -0.4 is 5.32 Å². The summed E-state index contributed by atoms with van der Waals surface area (Å²) in [5.74, 6) is 1.01. The minimum absolute atomic E-state index is 0.155. The van der Waals surface area contributed by atoms with Crippen LogP contribution in [0.25, 0.3) is 10.7 Å². The number of nitrogens with zero attached hydrogens (tertiary/aromatic N) is 6. The number of thioether (sulfide) groups is 1. The number of anilines is 1. The molecule has 0 unspecified atom stereocenters. The van der Waals surface area contributed by atoms with E-state index in [0.717, 1.165) is 29.6 Å². The van der Waals surface area contributed by atoms with E-state index in [9.17, 15) is 4.79 Å². The molecule has 3 aromatic heterocycles. The van der Waals surface area contributed by atoms with Crippen molar-refractivity contribution < 1.29 is 4.79 Å². The van der Waals surface area contributed by atoms with Crippen molar-refractivity contribution in [3.8, 4) is 10.7 Å². The summed E-state index contributed by atoms with van der Waals surface area (Å²) in [6.07, 6.45) is 2.51. The molecule has 1 amide bonds. The Balaban J connectivity index is 1.58. The maximum atomic E-state index is 12.1. The summed E-state index contributed by atoms with van der Waals surface area (Å²) < 4.78 is 2.02. The molecule has 3 heterocycles. The van der Waals surface area contributed by atoms with Gasteiger partial charge < -0.3 is 4.57 Å². The van der Waals surface area contributed by atoms with Crippen molar-refractivity contribution in [2.75, 3.05) is 11.1 Å². The normalized spacial score (nSPS) is 10.8. The van der Waals surface area contributed by atoms with Crippen molar-refractivity contribution in [1.82, 2.24) is 29.9 Å². The van der Waals surface area contributed by atoms with E-state index < -0.39 is 0 Å². The maximum Gasteiger partial charge on any atom is 0.236 e. The average Bonchev–Trinajstić information content (AvgIpc) is 3.26. The van der Waals surface area contributed by atoms with Crippen LogP contribution in [0.1, 0.15) is 19.7 Å². The molecule has 3 aromatic rings. The van der Waals surface area contributed by atoms with E-state index in [0.29, 0.717) is 10.1 Å². The van der Waals surface area contributed by atoms with Crippen LogP contribution in [0, 0.1) is 0 Å². The molecule has 0 saturated carbocycles. The van der Waals surface area contributed by atoms with Gasteiger partial charge in [0.1, 0.15) is 11.5 Å². The predicted molar refractivity (Wildman–Crippen MR) is 97.6 cm³/mol. The third-order valence-electron chi connectivity index (χ3n) is 3.31. The smallest absolute Gasteiger partial charge is 0.236 e. The van der Waals surface area contributed by atoms with Crippen LogP contribution >= 0.6 is 23.1 Å². The fourth-order valence-electron chi connectivity index (χ4n) is 2.16. The second-order valence-electron chi connectivity index (χ2n) is 4.96. The third kappa shape index (κ3) is 4.20. The highest BCUT2D eigenvalue weighted by Gasteiger charge is 2.14. The Morgan fingerprint density at radius 1 is 1.24 bits per heavy atom. The highest BCUT2D eigenvalue weighted by molar-refractivity contribution is 7.99. The molecule has 0 radical (unpaired) electrons. The number of rotatable bonds is 7. The van der Waals surface area contributed by atoms with Gasteiger partial charge in [0.15, 0.2) is 10.2 Å². The number of pyridine rings is 1. The number of aryl methyl sites for hydroxylation is 1. The fraction of sp³-hybridized carbons (Fsp3) is 0.333. The zero-order valence-corrected chi connectivity index (χ0v) is 15.5.